The predicted molar refractivity (Wildman–Crippen MR) is 122 cm³/mol. The van der Waals surface area contributed by atoms with Gasteiger partial charge in [-0.05, 0) is 69.4 Å². The lowest BCUT2D eigenvalue weighted by Crippen LogP contribution is -2.12. The highest BCUT2D eigenvalue weighted by molar-refractivity contribution is 14.1. The van der Waals surface area contributed by atoms with E-state index in [2.05, 4.69) is 79.8 Å². The molecular formula is C20H14I2N4. The Kier molecular flexibility index (Phi) is 5.30. The quantitative estimate of drug-likeness (QED) is 0.250. The van der Waals surface area contributed by atoms with E-state index in [1.807, 2.05) is 59.4 Å². The van der Waals surface area contributed by atoms with Crippen LogP contribution in [0.15, 0.2) is 77.8 Å². The molecule has 0 bridgehead atoms. The minimum atomic E-state index is -0.272. The van der Waals surface area contributed by atoms with Crippen molar-refractivity contribution >= 4 is 62.4 Å². The molecular weight excluding hydrogens is 550 g/mol. The van der Waals surface area contributed by atoms with Gasteiger partial charge in [0.25, 0.3) is 0 Å². The zero-order valence-electron chi connectivity index (χ0n) is 13.6. The molecule has 0 N–H and O–H groups in total. The van der Waals surface area contributed by atoms with Crippen molar-refractivity contribution in [2.24, 2.45) is 4.99 Å². The molecule has 1 unspecified atom stereocenters. The minimum Gasteiger partial charge on any atom is -0.261 e. The van der Waals surface area contributed by atoms with Crippen molar-refractivity contribution in [1.29, 1.82) is 0 Å². The van der Waals surface area contributed by atoms with Gasteiger partial charge in [0.15, 0.2) is 6.17 Å². The molecule has 0 saturated heterocycles. The summed E-state index contributed by atoms with van der Waals surface area (Å²) in [6.45, 7) is 0. The standard InChI is InChI=1S/C20H14I2N4/c21-16-9-3-1-7-14(16)13-23-20(15-8-2-4-10-17(15)22)26-19-12-6-5-11-18(19)24-25-26/h1-13,20H/b23-13+. The average molecular weight is 564 g/mol. The van der Waals surface area contributed by atoms with Crippen molar-refractivity contribution in [3.63, 3.8) is 0 Å². The Labute approximate surface area is 178 Å². The topological polar surface area (TPSA) is 43.1 Å². The van der Waals surface area contributed by atoms with E-state index in [4.69, 9.17) is 4.99 Å². The summed E-state index contributed by atoms with van der Waals surface area (Å²) in [7, 11) is 0. The number of aliphatic imine (C=N–C) groups is 1. The van der Waals surface area contributed by atoms with Crippen LogP contribution < -0.4 is 0 Å². The Morgan fingerprint density at radius 2 is 1.54 bits per heavy atom. The van der Waals surface area contributed by atoms with E-state index < -0.39 is 0 Å². The van der Waals surface area contributed by atoms with E-state index in [1.165, 1.54) is 3.57 Å². The number of hydrogen-bond donors (Lipinski definition) is 0. The van der Waals surface area contributed by atoms with Crippen molar-refractivity contribution < 1.29 is 0 Å². The lowest BCUT2D eigenvalue weighted by atomic mass is 10.1. The molecule has 4 aromatic rings. The average Bonchev–Trinajstić information content (AvgIpc) is 3.09. The minimum absolute atomic E-state index is 0.272. The molecule has 0 aliphatic heterocycles. The SMILES string of the molecule is Ic1ccccc1/C=N/C(c1ccccc1I)n1nnc2ccccc21. The van der Waals surface area contributed by atoms with E-state index >= 15 is 0 Å². The van der Waals surface area contributed by atoms with E-state index in [0.717, 1.165) is 25.7 Å². The molecule has 4 nitrogen and oxygen atoms in total. The number of para-hydroxylation sites is 1. The summed E-state index contributed by atoms with van der Waals surface area (Å²) in [6.07, 6.45) is 1.65. The fourth-order valence-corrected chi connectivity index (χ4v) is 3.95. The van der Waals surface area contributed by atoms with E-state index in [-0.39, 0.29) is 6.17 Å². The third-order valence-corrected chi connectivity index (χ3v) is 6.02. The van der Waals surface area contributed by atoms with Crippen LogP contribution in [-0.2, 0) is 0 Å². The smallest absolute Gasteiger partial charge is 0.170 e. The zero-order valence-corrected chi connectivity index (χ0v) is 17.9. The van der Waals surface area contributed by atoms with Crippen LogP contribution >= 0.6 is 45.2 Å². The molecule has 26 heavy (non-hydrogen) atoms. The fraction of sp³-hybridized carbons (Fsp3) is 0.0500. The largest absolute Gasteiger partial charge is 0.261 e. The first kappa shape index (κ1) is 17.6. The van der Waals surface area contributed by atoms with Gasteiger partial charge in [-0.15, -0.1) is 5.10 Å². The monoisotopic (exact) mass is 564 g/mol. The summed E-state index contributed by atoms with van der Waals surface area (Å²) in [5.41, 5.74) is 4.03. The molecule has 6 heteroatoms. The molecule has 0 aliphatic rings. The Morgan fingerprint density at radius 3 is 2.35 bits per heavy atom. The van der Waals surface area contributed by atoms with Gasteiger partial charge in [-0.1, -0.05) is 53.7 Å². The Morgan fingerprint density at radius 1 is 0.846 bits per heavy atom. The number of rotatable bonds is 4. The summed E-state index contributed by atoms with van der Waals surface area (Å²) in [4.78, 5) is 4.90. The number of fused-ring (bicyclic) bond motifs is 1. The molecule has 1 atom stereocenters. The van der Waals surface area contributed by atoms with Gasteiger partial charge in [-0.25, -0.2) is 4.68 Å². The van der Waals surface area contributed by atoms with Crippen molar-refractivity contribution in [3.05, 3.63) is 91.1 Å². The zero-order chi connectivity index (χ0) is 17.9. The van der Waals surface area contributed by atoms with E-state index in [0.29, 0.717) is 0 Å². The summed E-state index contributed by atoms with van der Waals surface area (Å²) in [5.74, 6) is 0. The highest BCUT2D eigenvalue weighted by Gasteiger charge is 2.18. The van der Waals surface area contributed by atoms with Crippen LogP contribution in [0.25, 0.3) is 11.0 Å². The second-order valence-corrected chi connectivity index (χ2v) is 8.04. The lowest BCUT2D eigenvalue weighted by Gasteiger charge is -2.15. The number of benzene rings is 3. The third-order valence-electron chi connectivity index (χ3n) is 4.05. The maximum atomic E-state index is 4.90. The van der Waals surface area contributed by atoms with Gasteiger partial charge in [0.05, 0.1) is 5.52 Å². The van der Waals surface area contributed by atoms with Crippen LogP contribution in [0.2, 0.25) is 0 Å². The van der Waals surface area contributed by atoms with Crippen LogP contribution in [0.1, 0.15) is 17.3 Å². The van der Waals surface area contributed by atoms with E-state index in [1.54, 1.807) is 0 Å². The van der Waals surface area contributed by atoms with Gasteiger partial charge in [0.2, 0.25) is 0 Å². The number of hydrogen-bond acceptors (Lipinski definition) is 3. The summed E-state index contributed by atoms with van der Waals surface area (Å²) in [6, 6.07) is 24.4. The van der Waals surface area contributed by atoms with Crippen molar-refractivity contribution in [1.82, 2.24) is 15.0 Å². The molecule has 0 fully saturated rings. The first-order valence-electron chi connectivity index (χ1n) is 8.06. The molecule has 0 radical (unpaired) electrons. The first-order valence-corrected chi connectivity index (χ1v) is 10.2. The van der Waals surface area contributed by atoms with Crippen molar-refractivity contribution in [2.45, 2.75) is 6.17 Å². The predicted octanol–water partition coefficient (Wildman–Crippen LogP) is 5.31. The summed E-state index contributed by atoms with van der Waals surface area (Å²) >= 11 is 4.68. The second kappa shape index (κ2) is 7.83. The van der Waals surface area contributed by atoms with Gasteiger partial charge in [-0.3, -0.25) is 4.99 Å². The first-order chi connectivity index (χ1) is 12.7. The molecule has 0 spiro atoms. The van der Waals surface area contributed by atoms with Crippen LogP contribution in [0, 0.1) is 7.14 Å². The van der Waals surface area contributed by atoms with Crippen LogP contribution in [0.5, 0.6) is 0 Å². The number of halogens is 2. The normalized spacial score (nSPS) is 12.7. The Bertz CT molecular complexity index is 1090. The molecule has 0 saturated carbocycles. The molecule has 0 amide bonds. The molecule has 1 heterocycles. The van der Waals surface area contributed by atoms with Crippen LogP contribution in [0.3, 0.4) is 0 Å². The highest BCUT2D eigenvalue weighted by atomic mass is 127. The molecule has 4 rings (SSSR count). The van der Waals surface area contributed by atoms with Crippen molar-refractivity contribution in [3.8, 4) is 0 Å². The number of aromatic nitrogens is 3. The third kappa shape index (κ3) is 3.52. The number of nitrogens with zero attached hydrogens (tertiary/aromatic N) is 4. The van der Waals surface area contributed by atoms with Crippen LogP contribution in [0.4, 0.5) is 0 Å². The molecule has 128 valence electrons. The fourth-order valence-electron chi connectivity index (χ4n) is 2.76. The molecule has 3 aromatic carbocycles. The Balaban J connectivity index is 1.85. The Hall–Kier alpha value is -1.81. The van der Waals surface area contributed by atoms with Gasteiger partial charge in [0.1, 0.15) is 5.52 Å². The van der Waals surface area contributed by atoms with Crippen LogP contribution in [-0.4, -0.2) is 21.2 Å². The van der Waals surface area contributed by atoms with Gasteiger partial charge < -0.3 is 0 Å². The highest BCUT2D eigenvalue weighted by Crippen LogP contribution is 2.27. The maximum absolute atomic E-state index is 4.90. The second-order valence-electron chi connectivity index (χ2n) is 5.72. The molecule has 1 aromatic heterocycles. The summed E-state index contributed by atoms with van der Waals surface area (Å²) in [5, 5.41) is 8.70. The lowest BCUT2D eigenvalue weighted by molar-refractivity contribution is 0.541. The van der Waals surface area contributed by atoms with Gasteiger partial charge in [-0.2, -0.15) is 0 Å². The summed E-state index contributed by atoms with van der Waals surface area (Å²) < 4.78 is 4.20. The van der Waals surface area contributed by atoms with Gasteiger partial charge >= 0.3 is 0 Å². The van der Waals surface area contributed by atoms with Crippen molar-refractivity contribution in [2.75, 3.05) is 0 Å². The van der Waals surface area contributed by atoms with Gasteiger partial charge in [0, 0.05) is 24.5 Å². The molecule has 0 aliphatic carbocycles. The van der Waals surface area contributed by atoms with E-state index in [9.17, 15) is 0 Å². The maximum Gasteiger partial charge on any atom is 0.170 e.